The van der Waals surface area contributed by atoms with Crippen LogP contribution in [-0.2, 0) is 0 Å². The zero-order valence-electron chi connectivity index (χ0n) is 5.75. The fourth-order valence-electron chi connectivity index (χ4n) is 0.711. The maximum atomic E-state index is 11.0. The number of halogens is 1. The van der Waals surface area contributed by atoms with Crippen LogP contribution >= 0.6 is 11.6 Å². The van der Waals surface area contributed by atoms with Gasteiger partial charge in [-0.3, -0.25) is 9.78 Å². The summed E-state index contributed by atoms with van der Waals surface area (Å²) >= 11 is 5.66. The van der Waals surface area contributed by atoms with Gasteiger partial charge in [-0.05, 0) is 6.07 Å². The van der Waals surface area contributed by atoms with Gasteiger partial charge in [0, 0.05) is 18.0 Å². The Morgan fingerprint density at radius 1 is 1.73 bits per heavy atom. The highest BCUT2D eigenvalue weighted by atomic mass is 35.5. The van der Waals surface area contributed by atoms with Crippen molar-refractivity contribution in [2.75, 3.05) is 6.54 Å². The second-order valence-electron chi connectivity index (χ2n) is 1.98. The molecule has 1 rings (SSSR count). The Kier molecular flexibility index (Phi) is 2.57. The van der Waals surface area contributed by atoms with Gasteiger partial charge in [0.15, 0.2) is 5.78 Å². The first-order valence-electron chi connectivity index (χ1n) is 3.08. The summed E-state index contributed by atoms with van der Waals surface area (Å²) in [5, 5.41) is 0.350. The van der Waals surface area contributed by atoms with E-state index in [0.717, 1.165) is 0 Å². The fourth-order valence-corrected chi connectivity index (χ4v) is 0.936. The lowest BCUT2D eigenvalue weighted by Gasteiger charge is -1.97. The molecule has 0 spiro atoms. The molecule has 4 heteroatoms. The number of Topliss-reactive ketones (excluding diaryl/α,β-unsaturated/α-hetero) is 1. The Morgan fingerprint density at radius 2 is 2.45 bits per heavy atom. The van der Waals surface area contributed by atoms with Crippen molar-refractivity contribution in [3.8, 4) is 0 Å². The maximum Gasteiger partial charge on any atom is 0.177 e. The van der Waals surface area contributed by atoms with Crippen LogP contribution in [0, 0.1) is 0 Å². The van der Waals surface area contributed by atoms with E-state index in [9.17, 15) is 4.79 Å². The van der Waals surface area contributed by atoms with E-state index in [1.807, 2.05) is 0 Å². The van der Waals surface area contributed by atoms with Crippen molar-refractivity contribution in [1.82, 2.24) is 4.98 Å². The Labute approximate surface area is 69.2 Å². The van der Waals surface area contributed by atoms with Crippen LogP contribution in [0.15, 0.2) is 18.5 Å². The third-order valence-electron chi connectivity index (χ3n) is 1.26. The number of nitrogens with two attached hydrogens (primary N) is 1. The highest BCUT2D eigenvalue weighted by Gasteiger charge is 2.06. The first-order chi connectivity index (χ1) is 5.25. The molecular weight excluding hydrogens is 164 g/mol. The third kappa shape index (κ3) is 1.76. The van der Waals surface area contributed by atoms with Gasteiger partial charge in [0.05, 0.1) is 11.6 Å². The minimum atomic E-state index is -0.169. The fraction of sp³-hybridized carbons (Fsp3) is 0.143. The topological polar surface area (TPSA) is 56.0 Å². The number of ketones is 1. The number of pyridine rings is 1. The van der Waals surface area contributed by atoms with Gasteiger partial charge in [-0.1, -0.05) is 11.6 Å². The van der Waals surface area contributed by atoms with Crippen LogP contribution in [0.4, 0.5) is 0 Å². The van der Waals surface area contributed by atoms with Gasteiger partial charge < -0.3 is 5.73 Å². The molecule has 0 amide bonds. The second kappa shape index (κ2) is 3.46. The van der Waals surface area contributed by atoms with Crippen LogP contribution in [0.5, 0.6) is 0 Å². The molecule has 0 aromatic carbocycles. The molecule has 3 nitrogen and oxygen atoms in total. The number of aromatic nitrogens is 1. The first kappa shape index (κ1) is 8.17. The molecule has 0 radical (unpaired) electrons. The number of carbonyl (C=O) groups is 1. The summed E-state index contributed by atoms with van der Waals surface area (Å²) in [7, 11) is 0. The molecule has 1 heterocycles. The van der Waals surface area contributed by atoms with Crippen LogP contribution in [0.3, 0.4) is 0 Å². The van der Waals surface area contributed by atoms with Crippen LogP contribution < -0.4 is 5.73 Å². The van der Waals surface area contributed by atoms with Gasteiger partial charge in [0.1, 0.15) is 0 Å². The van der Waals surface area contributed by atoms with E-state index >= 15 is 0 Å². The van der Waals surface area contributed by atoms with Gasteiger partial charge in [0.25, 0.3) is 0 Å². The Hall–Kier alpha value is -0.930. The van der Waals surface area contributed by atoms with Gasteiger partial charge in [-0.25, -0.2) is 0 Å². The molecular formula is C7H7ClN2O. The van der Waals surface area contributed by atoms with Crippen LogP contribution in [0.25, 0.3) is 0 Å². The van der Waals surface area contributed by atoms with Crippen molar-refractivity contribution in [3.05, 3.63) is 29.0 Å². The minimum Gasteiger partial charge on any atom is -0.324 e. The summed E-state index contributed by atoms with van der Waals surface area (Å²) in [6.45, 7) is -0.0241. The molecule has 0 aliphatic rings. The second-order valence-corrected chi connectivity index (χ2v) is 2.39. The lowest BCUT2D eigenvalue weighted by Crippen LogP contribution is -2.13. The van der Waals surface area contributed by atoms with E-state index in [1.54, 1.807) is 6.07 Å². The average molecular weight is 171 g/mol. The van der Waals surface area contributed by atoms with Gasteiger partial charge in [-0.15, -0.1) is 0 Å². The molecule has 0 aliphatic carbocycles. The number of hydrogen-bond donors (Lipinski definition) is 1. The number of carbonyl (C=O) groups excluding carboxylic acids is 1. The number of nitrogens with zero attached hydrogens (tertiary/aromatic N) is 1. The molecule has 0 bridgehead atoms. The Morgan fingerprint density at radius 3 is 3.00 bits per heavy atom. The SMILES string of the molecule is NCC(=O)c1ccncc1Cl. The van der Waals surface area contributed by atoms with Crippen LogP contribution in [0.1, 0.15) is 10.4 Å². The lowest BCUT2D eigenvalue weighted by atomic mass is 10.2. The molecule has 2 N–H and O–H groups in total. The summed E-state index contributed by atoms with van der Waals surface area (Å²) < 4.78 is 0. The zero-order chi connectivity index (χ0) is 8.27. The Balaban J connectivity index is 3.03. The van der Waals surface area contributed by atoms with E-state index in [1.165, 1.54) is 12.4 Å². The molecule has 0 aliphatic heterocycles. The molecule has 1 aromatic rings. The third-order valence-corrected chi connectivity index (χ3v) is 1.56. The van der Waals surface area contributed by atoms with Crippen molar-refractivity contribution in [3.63, 3.8) is 0 Å². The summed E-state index contributed by atoms with van der Waals surface area (Å²) in [4.78, 5) is 14.7. The standard InChI is InChI=1S/C7H7ClN2O/c8-6-4-10-2-1-5(6)7(11)3-9/h1-2,4H,3,9H2. The quantitative estimate of drug-likeness (QED) is 0.671. The van der Waals surface area contributed by atoms with Crippen molar-refractivity contribution >= 4 is 17.4 Å². The molecule has 0 saturated carbocycles. The molecule has 0 fully saturated rings. The predicted molar refractivity (Wildman–Crippen MR) is 42.6 cm³/mol. The van der Waals surface area contributed by atoms with Gasteiger partial charge >= 0.3 is 0 Å². The zero-order valence-corrected chi connectivity index (χ0v) is 6.51. The monoisotopic (exact) mass is 170 g/mol. The number of rotatable bonds is 2. The summed E-state index contributed by atoms with van der Waals surface area (Å²) in [5.74, 6) is -0.169. The number of hydrogen-bond acceptors (Lipinski definition) is 3. The van der Waals surface area contributed by atoms with E-state index in [0.29, 0.717) is 10.6 Å². The normalized spacial score (nSPS) is 9.64. The van der Waals surface area contributed by atoms with Crippen LogP contribution in [0.2, 0.25) is 5.02 Å². The van der Waals surface area contributed by atoms with Gasteiger partial charge in [0.2, 0.25) is 0 Å². The van der Waals surface area contributed by atoms with E-state index in [-0.39, 0.29) is 12.3 Å². The summed E-state index contributed by atoms with van der Waals surface area (Å²) in [6.07, 6.45) is 2.93. The van der Waals surface area contributed by atoms with E-state index in [2.05, 4.69) is 4.98 Å². The molecule has 0 atom stereocenters. The molecule has 0 unspecified atom stereocenters. The van der Waals surface area contributed by atoms with Crippen molar-refractivity contribution in [2.24, 2.45) is 5.73 Å². The summed E-state index contributed by atoms with van der Waals surface area (Å²) in [5.41, 5.74) is 5.58. The smallest absolute Gasteiger partial charge is 0.177 e. The minimum absolute atomic E-state index is 0.0241. The average Bonchev–Trinajstić information content (AvgIpc) is 2.04. The molecule has 11 heavy (non-hydrogen) atoms. The highest BCUT2D eigenvalue weighted by molar-refractivity contribution is 6.33. The van der Waals surface area contributed by atoms with Crippen molar-refractivity contribution in [2.45, 2.75) is 0 Å². The molecule has 0 saturated heterocycles. The summed E-state index contributed by atoms with van der Waals surface area (Å²) in [6, 6.07) is 1.55. The maximum absolute atomic E-state index is 11.0. The molecule has 1 aromatic heterocycles. The van der Waals surface area contributed by atoms with Gasteiger partial charge in [-0.2, -0.15) is 0 Å². The van der Waals surface area contributed by atoms with Crippen molar-refractivity contribution < 1.29 is 4.79 Å². The highest BCUT2D eigenvalue weighted by Crippen LogP contribution is 2.12. The Bertz CT molecular complexity index is 275. The van der Waals surface area contributed by atoms with E-state index < -0.39 is 0 Å². The van der Waals surface area contributed by atoms with Crippen molar-refractivity contribution in [1.29, 1.82) is 0 Å². The molecule has 58 valence electrons. The van der Waals surface area contributed by atoms with Crippen LogP contribution in [-0.4, -0.2) is 17.3 Å². The largest absolute Gasteiger partial charge is 0.324 e. The first-order valence-corrected chi connectivity index (χ1v) is 3.46. The lowest BCUT2D eigenvalue weighted by molar-refractivity contribution is 0.100. The predicted octanol–water partition coefficient (Wildman–Crippen LogP) is 0.876. The van der Waals surface area contributed by atoms with E-state index in [4.69, 9.17) is 17.3 Å².